The lowest BCUT2D eigenvalue weighted by Crippen LogP contribution is -2.47. The van der Waals surface area contributed by atoms with Gasteiger partial charge in [0.25, 0.3) is 5.91 Å². The van der Waals surface area contributed by atoms with Crippen LogP contribution < -0.4 is 0 Å². The molecule has 6 nitrogen and oxygen atoms in total. The Labute approximate surface area is 115 Å². The zero-order chi connectivity index (χ0) is 13.8. The molecule has 7 heteroatoms. The number of ether oxygens (including phenoxy) is 2. The first-order chi connectivity index (χ1) is 9.13. The van der Waals surface area contributed by atoms with Gasteiger partial charge < -0.3 is 14.4 Å². The molecule has 104 valence electrons. The van der Waals surface area contributed by atoms with Crippen LogP contribution in [0.1, 0.15) is 34.1 Å². The van der Waals surface area contributed by atoms with E-state index in [4.69, 9.17) is 9.47 Å². The largest absolute Gasteiger partial charge is 0.461 e. The van der Waals surface area contributed by atoms with Crippen LogP contribution in [0.3, 0.4) is 0 Å². The molecule has 0 radical (unpaired) electrons. The van der Waals surface area contributed by atoms with Crippen LogP contribution in [-0.4, -0.2) is 54.2 Å². The molecule has 1 unspecified atom stereocenters. The lowest BCUT2D eigenvalue weighted by atomic mass is 10.2. The number of morpholine rings is 1. The number of hydrogen-bond acceptors (Lipinski definition) is 6. The molecule has 1 fully saturated rings. The van der Waals surface area contributed by atoms with Gasteiger partial charge >= 0.3 is 5.97 Å². The van der Waals surface area contributed by atoms with Crippen molar-refractivity contribution in [2.24, 2.45) is 0 Å². The van der Waals surface area contributed by atoms with Gasteiger partial charge in [-0.15, -0.1) is 11.3 Å². The van der Waals surface area contributed by atoms with E-state index in [1.165, 1.54) is 0 Å². The standard InChI is InChI=1S/C12H16N2O4S/c1-3-18-12(16)10-13-9(7-19-10)11(15)14-4-5-17-6-8(14)2/h7-8H,3-6H2,1-2H3. The SMILES string of the molecule is CCOC(=O)c1nc(C(=O)N2CCOCC2C)cs1. The molecule has 1 amide bonds. The first-order valence-electron chi connectivity index (χ1n) is 6.14. The first-order valence-corrected chi connectivity index (χ1v) is 7.02. The number of thiazole rings is 1. The first kappa shape index (κ1) is 14.0. The Kier molecular flexibility index (Phi) is 4.49. The summed E-state index contributed by atoms with van der Waals surface area (Å²) in [6.07, 6.45) is 0. The van der Waals surface area contributed by atoms with E-state index in [1.807, 2.05) is 6.92 Å². The molecule has 19 heavy (non-hydrogen) atoms. The summed E-state index contributed by atoms with van der Waals surface area (Å²) in [6, 6.07) is 0.0222. The number of esters is 1. The minimum Gasteiger partial charge on any atom is -0.461 e. The van der Waals surface area contributed by atoms with E-state index in [0.717, 1.165) is 11.3 Å². The second-order valence-corrected chi connectivity index (χ2v) is 5.04. The molecular weight excluding hydrogens is 268 g/mol. The number of amides is 1. The van der Waals surface area contributed by atoms with Crippen LogP contribution in [0.4, 0.5) is 0 Å². The van der Waals surface area contributed by atoms with Crippen LogP contribution in [0, 0.1) is 0 Å². The number of carbonyl (C=O) groups excluding carboxylic acids is 2. The van der Waals surface area contributed by atoms with Crippen molar-refractivity contribution in [3.63, 3.8) is 0 Å². The molecule has 1 aromatic heterocycles. The summed E-state index contributed by atoms with van der Waals surface area (Å²) in [5.41, 5.74) is 0.293. The fourth-order valence-electron chi connectivity index (χ4n) is 1.83. The van der Waals surface area contributed by atoms with E-state index >= 15 is 0 Å². The van der Waals surface area contributed by atoms with E-state index in [2.05, 4.69) is 4.98 Å². The Balaban J connectivity index is 2.09. The Morgan fingerprint density at radius 1 is 1.63 bits per heavy atom. The van der Waals surface area contributed by atoms with E-state index in [-0.39, 0.29) is 17.0 Å². The number of nitrogens with zero attached hydrogens (tertiary/aromatic N) is 2. The van der Waals surface area contributed by atoms with Gasteiger partial charge in [-0.05, 0) is 13.8 Å². The van der Waals surface area contributed by atoms with Gasteiger partial charge in [-0.3, -0.25) is 4.79 Å². The van der Waals surface area contributed by atoms with Gasteiger partial charge in [-0.25, -0.2) is 9.78 Å². The molecule has 0 aromatic carbocycles. The van der Waals surface area contributed by atoms with Crippen molar-refractivity contribution in [3.8, 4) is 0 Å². The lowest BCUT2D eigenvalue weighted by Gasteiger charge is -2.32. The van der Waals surface area contributed by atoms with Gasteiger partial charge in [-0.2, -0.15) is 0 Å². The fraction of sp³-hybridized carbons (Fsp3) is 0.583. The maximum Gasteiger partial charge on any atom is 0.367 e. The van der Waals surface area contributed by atoms with E-state index in [1.54, 1.807) is 17.2 Å². The Bertz CT molecular complexity index is 474. The maximum absolute atomic E-state index is 12.3. The quantitative estimate of drug-likeness (QED) is 0.780. The second-order valence-electron chi connectivity index (χ2n) is 4.18. The zero-order valence-corrected chi connectivity index (χ0v) is 11.7. The van der Waals surface area contributed by atoms with Crippen molar-refractivity contribution in [1.29, 1.82) is 0 Å². The highest BCUT2D eigenvalue weighted by Gasteiger charge is 2.27. The van der Waals surface area contributed by atoms with Crippen LogP contribution in [0.15, 0.2) is 5.38 Å². The van der Waals surface area contributed by atoms with Crippen molar-refractivity contribution in [1.82, 2.24) is 9.88 Å². The predicted octanol–water partition coefficient (Wildman–Crippen LogP) is 1.18. The van der Waals surface area contributed by atoms with Gasteiger partial charge in [-0.1, -0.05) is 0 Å². The van der Waals surface area contributed by atoms with Crippen LogP contribution in [-0.2, 0) is 9.47 Å². The fourth-order valence-corrected chi connectivity index (χ4v) is 2.52. The number of aromatic nitrogens is 1. The summed E-state index contributed by atoms with van der Waals surface area (Å²) < 4.78 is 10.1. The van der Waals surface area contributed by atoms with Gasteiger partial charge in [0.2, 0.25) is 5.01 Å². The van der Waals surface area contributed by atoms with Crippen molar-refractivity contribution < 1.29 is 19.1 Å². The Morgan fingerprint density at radius 2 is 2.42 bits per heavy atom. The molecule has 1 saturated heterocycles. The minimum atomic E-state index is -0.485. The summed E-state index contributed by atoms with van der Waals surface area (Å²) in [7, 11) is 0. The van der Waals surface area contributed by atoms with E-state index < -0.39 is 5.97 Å². The van der Waals surface area contributed by atoms with Crippen LogP contribution in [0.25, 0.3) is 0 Å². The third kappa shape index (κ3) is 3.10. The lowest BCUT2D eigenvalue weighted by molar-refractivity contribution is 0.00330. The van der Waals surface area contributed by atoms with E-state index in [0.29, 0.717) is 32.1 Å². The van der Waals surface area contributed by atoms with Crippen molar-refractivity contribution in [3.05, 3.63) is 16.1 Å². The molecule has 2 heterocycles. The smallest absolute Gasteiger partial charge is 0.367 e. The number of carbonyl (C=O) groups is 2. The molecule has 0 aliphatic carbocycles. The predicted molar refractivity (Wildman–Crippen MR) is 69.4 cm³/mol. The molecule has 2 rings (SSSR count). The van der Waals surface area contributed by atoms with Crippen LogP contribution >= 0.6 is 11.3 Å². The molecule has 0 saturated carbocycles. The van der Waals surface area contributed by atoms with Gasteiger partial charge in [0.1, 0.15) is 5.69 Å². The third-order valence-electron chi connectivity index (χ3n) is 2.80. The topological polar surface area (TPSA) is 68.7 Å². The number of hydrogen-bond donors (Lipinski definition) is 0. The molecule has 0 N–H and O–H groups in total. The van der Waals surface area contributed by atoms with Gasteiger partial charge in [0.15, 0.2) is 0 Å². The minimum absolute atomic E-state index is 0.0222. The summed E-state index contributed by atoms with van der Waals surface area (Å²) in [4.78, 5) is 29.5. The van der Waals surface area contributed by atoms with Crippen molar-refractivity contribution >= 4 is 23.2 Å². The van der Waals surface area contributed by atoms with Crippen LogP contribution in [0.2, 0.25) is 0 Å². The van der Waals surface area contributed by atoms with Gasteiger partial charge in [0.05, 0.1) is 25.9 Å². The molecule has 0 spiro atoms. The summed E-state index contributed by atoms with van der Waals surface area (Å²) >= 11 is 1.13. The number of rotatable bonds is 3. The Morgan fingerprint density at radius 3 is 3.11 bits per heavy atom. The monoisotopic (exact) mass is 284 g/mol. The molecular formula is C12H16N2O4S. The molecule has 0 bridgehead atoms. The van der Waals surface area contributed by atoms with Crippen LogP contribution in [0.5, 0.6) is 0 Å². The molecule has 1 atom stereocenters. The highest BCUT2D eigenvalue weighted by atomic mass is 32.1. The third-order valence-corrected chi connectivity index (χ3v) is 3.62. The summed E-state index contributed by atoms with van der Waals surface area (Å²) in [5.74, 6) is -0.649. The summed E-state index contributed by atoms with van der Waals surface area (Å²) in [6.45, 7) is 5.56. The van der Waals surface area contributed by atoms with Crippen molar-refractivity contribution in [2.45, 2.75) is 19.9 Å². The normalized spacial score (nSPS) is 19.3. The Hall–Kier alpha value is -1.47. The van der Waals surface area contributed by atoms with E-state index in [9.17, 15) is 9.59 Å². The zero-order valence-electron chi connectivity index (χ0n) is 10.9. The molecule has 1 aromatic rings. The molecule has 1 aliphatic rings. The highest BCUT2D eigenvalue weighted by Crippen LogP contribution is 2.16. The summed E-state index contributed by atoms with van der Waals surface area (Å²) in [5, 5.41) is 1.81. The average molecular weight is 284 g/mol. The van der Waals surface area contributed by atoms with Gasteiger partial charge in [0, 0.05) is 11.9 Å². The van der Waals surface area contributed by atoms with Crippen molar-refractivity contribution in [2.75, 3.05) is 26.4 Å². The second kappa shape index (κ2) is 6.12. The molecule has 1 aliphatic heterocycles. The highest BCUT2D eigenvalue weighted by molar-refractivity contribution is 7.11. The average Bonchev–Trinajstić information content (AvgIpc) is 2.88. The maximum atomic E-state index is 12.3.